The van der Waals surface area contributed by atoms with Crippen molar-refractivity contribution in [1.29, 1.82) is 0 Å². The topological polar surface area (TPSA) is 70.1 Å². The number of methoxy groups -OCH3 is 1. The first-order chi connectivity index (χ1) is 12.5. The van der Waals surface area contributed by atoms with E-state index < -0.39 is 0 Å². The molecule has 2 saturated heterocycles. The van der Waals surface area contributed by atoms with Crippen LogP contribution in [0, 0.1) is 5.41 Å². The third-order valence-corrected chi connectivity index (χ3v) is 5.62. The average molecular weight is 360 g/mol. The number of ether oxygens (including phenoxy) is 1. The molecule has 2 amide bonds. The van der Waals surface area contributed by atoms with Crippen molar-refractivity contribution in [2.24, 2.45) is 5.41 Å². The van der Waals surface area contributed by atoms with E-state index in [0.29, 0.717) is 26.0 Å². The second kappa shape index (κ2) is 8.08. The van der Waals surface area contributed by atoms with Gasteiger partial charge >= 0.3 is 0 Å². The maximum absolute atomic E-state index is 12.8. The van der Waals surface area contributed by atoms with E-state index in [4.69, 9.17) is 4.74 Å². The second-order valence-corrected chi connectivity index (χ2v) is 7.57. The highest BCUT2D eigenvalue weighted by Crippen LogP contribution is 2.39. The zero-order valence-corrected chi connectivity index (χ0v) is 15.4. The monoisotopic (exact) mass is 360 g/mol. The second-order valence-electron chi connectivity index (χ2n) is 7.57. The Morgan fingerprint density at radius 2 is 2.00 bits per heavy atom. The Hall–Kier alpha value is -2.08. The normalized spacial score (nSPS) is 23.5. The first-order valence-electron chi connectivity index (χ1n) is 9.34. The molecule has 0 saturated carbocycles. The standard InChI is InChI=1S/C20H28N2O4/c1-26-12-11-22-15-20(9-7-18(22)24)8-2-10-21(14-20)19(25)13-16-3-5-17(23)6-4-16/h3-6,23H,2,7-15H2,1H3. The van der Waals surface area contributed by atoms with Gasteiger partial charge in [0.15, 0.2) is 0 Å². The van der Waals surface area contributed by atoms with Crippen molar-refractivity contribution in [1.82, 2.24) is 9.80 Å². The Kier molecular flexibility index (Phi) is 5.81. The summed E-state index contributed by atoms with van der Waals surface area (Å²) >= 11 is 0. The number of hydrogen-bond acceptors (Lipinski definition) is 4. The number of aromatic hydroxyl groups is 1. The van der Waals surface area contributed by atoms with Crippen molar-refractivity contribution in [2.45, 2.75) is 32.1 Å². The number of rotatable bonds is 5. The average Bonchev–Trinajstić information content (AvgIpc) is 2.65. The predicted octanol–water partition coefficient (Wildman–Crippen LogP) is 1.81. The Balaban J connectivity index is 1.63. The molecule has 0 aromatic heterocycles. The number of piperidine rings is 2. The highest BCUT2D eigenvalue weighted by Gasteiger charge is 2.42. The SMILES string of the molecule is COCCN1CC2(CCCN(C(=O)Cc3ccc(O)cc3)C2)CCC1=O. The van der Waals surface area contributed by atoms with Crippen LogP contribution in [0.3, 0.4) is 0 Å². The lowest BCUT2D eigenvalue weighted by Gasteiger charge is -2.48. The van der Waals surface area contributed by atoms with Crippen LogP contribution in [0.1, 0.15) is 31.2 Å². The van der Waals surface area contributed by atoms with Gasteiger partial charge in [0.05, 0.1) is 13.0 Å². The molecule has 142 valence electrons. The van der Waals surface area contributed by atoms with E-state index in [1.165, 1.54) is 0 Å². The molecule has 26 heavy (non-hydrogen) atoms. The first-order valence-corrected chi connectivity index (χ1v) is 9.34. The molecule has 6 heteroatoms. The van der Waals surface area contributed by atoms with Gasteiger partial charge in [-0.05, 0) is 37.0 Å². The molecule has 6 nitrogen and oxygen atoms in total. The van der Waals surface area contributed by atoms with E-state index in [1.807, 2.05) is 9.80 Å². The highest BCUT2D eigenvalue weighted by molar-refractivity contribution is 5.79. The molecular weight excluding hydrogens is 332 g/mol. The molecule has 2 heterocycles. The Bertz CT molecular complexity index is 646. The van der Waals surface area contributed by atoms with Gasteiger partial charge in [-0.3, -0.25) is 9.59 Å². The molecule has 2 fully saturated rings. The maximum atomic E-state index is 12.8. The van der Waals surface area contributed by atoms with Crippen LogP contribution in [0.5, 0.6) is 5.75 Å². The van der Waals surface area contributed by atoms with E-state index in [-0.39, 0.29) is 23.0 Å². The van der Waals surface area contributed by atoms with Crippen LogP contribution < -0.4 is 0 Å². The minimum Gasteiger partial charge on any atom is -0.508 e. The minimum absolute atomic E-state index is 0.0184. The summed E-state index contributed by atoms with van der Waals surface area (Å²) in [5.41, 5.74) is 0.929. The van der Waals surface area contributed by atoms with Crippen LogP contribution in [0.2, 0.25) is 0 Å². The van der Waals surface area contributed by atoms with Crippen LogP contribution in [0.25, 0.3) is 0 Å². The van der Waals surface area contributed by atoms with E-state index in [0.717, 1.165) is 44.5 Å². The highest BCUT2D eigenvalue weighted by atomic mass is 16.5. The lowest BCUT2D eigenvalue weighted by Crippen LogP contribution is -2.55. The number of hydrogen-bond donors (Lipinski definition) is 1. The van der Waals surface area contributed by atoms with E-state index >= 15 is 0 Å². The van der Waals surface area contributed by atoms with Crippen molar-refractivity contribution in [3.05, 3.63) is 29.8 Å². The molecule has 3 rings (SSSR count). The molecule has 1 unspecified atom stereocenters. The van der Waals surface area contributed by atoms with Crippen LogP contribution in [-0.4, -0.2) is 66.6 Å². The minimum atomic E-state index is 0.0184. The van der Waals surface area contributed by atoms with Crippen LogP contribution in [0.4, 0.5) is 0 Å². The van der Waals surface area contributed by atoms with Crippen molar-refractivity contribution in [3.8, 4) is 5.75 Å². The van der Waals surface area contributed by atoms with Gasteiger partial charge in [-0.2, -0.15) is 0 Å². The number of likely N-dealkylation sites (tertiary alicyclic amines) is 2. The van der Waals surface area contributed by atoms with E-state index in [2.05, 4.69) is 0 Å². The summed E-state index contributed by atoms with van der Waals surface area (Å²) in [4.78, 5) is 28.8. The van der Waals surface area contributed by atoms with Crippen molar-refractivity contribution >= 4 is 11.8 Å². The lowest BCUT2D eigenvalue weighted by atomic mass is 9.73. The summed E-state index contributed by atoms with van der Waals surface area (Å²) in [6.45, 7) is 3.40. The molecule has 1 aromatic rings. The predicted molar refractivity (Wildman–Crippen MR) is 97.7 cm³/mol. The summed E-state index contributed by atoms with van der Waals surface area (Å²) < 4.78 is 5.13. The van der Waals surface area contributed by atoms with Gasteiger partial charge in [0, 0.05) is 45.1 Å². The summed E-state index contributed by atoms with van der Waals surface area (Å²) in [5, 5.41) is 9.38. The molecule has 1 aromatic carbocycles. The first kappa shape index (κ1) is 18.7. The fraction of sp³-hybridized carbons (Fsp3) is 0.600. The largest absolute Gasteiger partial charge is 0.508 e. The molecule has 1 atom stereocenters. The number of amides is 2. The molecule has 2 aliphatic rings. The zero-order valence-electron chi connectivity index (χ0n) is 15.4. The smallest absolute Gasteiger partial charge is 0.227 e. The van der Waals surface area contributed by atoms with Gasteiger partial charge in [0.1, 0.15) is 5.75 Å². The molecule has 1 N–H and O–H groups in total. The third-order valence-electron chi connectivity index (χ3n) is 5.62. The Labute approximate surface area is 154 Å². The number of carbonyl (C=O) groups is 2. The van der Waals surface area contributed by atoms with Gasteiger partial charge < -0.3 is 19.6 Å². The van der Waals surface area contributed by atoms with Crippen LogP contribution in [-0.2, 0) is 20.7 Å². The van der Waals surface area contributed by atoms with Gasteiger partial charge in [0.25, 0.3) is 0 Å². The molecule has 0 aliphatic carbocycles. The van der Waals surface area contributed by atoms with Gasteiger partial charge in [-0.15, -0.1) is 0 Å². The number of phenolic OH excluding ortho intramolecular Hbond substituents is 1. The number of carbonyl (C=O) groups excluding carboxylic acids is 2. The van der Waals surface area contributed by atoms with Crippen molar-refractivity contribution < 1.29 is 19.4 Å². The fourth-order valence-corrected chi connectivity index (χ4v) is 4.16. The fourth-order valence-electron chi connectivity index (χ4n) is 4.16. The molecule has 0 radical (unpaired) electrons. The van der Waals surface area contributed by atoms with Crippen molar-refractivity contribution in [2.75, 3.05) is 39.9 Å². The maximum Gasteiger partial charge on any atom is 0.227 e. The number of benzene rings is 1. The lowest BCUT2D eigenvalue weighted by molar-refractivity contribution is -0.143. The zero-order chi connectivity index (χ0) is 18.6. The summed E-state index contributed by atoms with van der Waals surface area (Å²) in [6, 6.07) is 6.80. The van der Waals surface area contributed by atoms with Crippen LogP contribution in [0.15, 0.2) is 24.3 Å². The van der Waals surface area contributed by atoms with Gasteiger partial charge in [-0.25, -0.2) is 0 Å². The number of phenols is 1. The molecule has 2 aliphatic heterocycles. The van der Waals surface area contributed by atoms with Crippen LogP contribution >= 0.6 is 0 Å². The summed E-state index contributed by atoms with van der Waals surface area (Å²) in [6.07, 6.45) is 3.81. The van der Waals surface area contributed by atoms with E-state index in [1.54, 1.807) is 31.4 Å². The summed E-state index contributed by atoms with van der Waals surface area (Å²) in [5.74, 6) is 0.525. The Morgan fingerprint density at radius 1 is 1.23 bits per heavy atom. The number of nitrogens with zero attached hydrogens (tertiary/aromatic N) is 2. The third kappa shape index (κ3) is 4.36. The van der Waals surface area contributed by atoms with Gasteiger partial charge in [-0.1, -0.05) is 12.1 Å². The quantitative estimate of drug-likeness (QED) is 0.869. The van der Waals surface area contributed by atoms with Crippen molar-refractivity contribution in [3.63, 3.8) is 0 Å². The Morgan fingerprint density at radius 3 is 2.73 bits per heavy atom. The molecule has 0 bridgehead atoms. The van der Waals surface area contributed by atoms with Gasteiger partial charge in [0.2, 0.25) is 11.8 Å². The molecular formula is C20H28N2O4. The van der Waals surface area contributed by atoms with E-state index in [9.17, 15) is 14.7 Å². The molecule has 1 spiro atoms. The summed E-state index contributed by atoms with van der Waals surface area (Å²) in [7, 11) is 1.65.